The van der Waals surface area contributed by atoms with Crippen molar-refractivity contribution in [2.24, 2.45) is 0 Å². The van der Waals surface area contributed by atoms with E-state index < -0.39 is 0 Å². The molecule has 0 saturated carbocycles. The van der Waals surface area contributed by atoms with Gasteiger partial charge >= 0.3 is 0 Å². The molecule has 2 rings (SSSR count). The van der Waals surface area contributed by atoms with Crippen molar-refractivity contribution < 1.29 is 4.74 Å². The van der Waals surface area contributed by atoms with Gasteiger partial charge in [-0.3, -0.25) is 0 Å². The summed E-state index contributed by atoms with van der Waals surface area (Å²) in [6.07, 6.45) is 0. The number of ether oxygens (including phenoxy) is 1. The molecule has 0 radical (unpaired) electrons. The smallest absolute Gasteiger partial charge is 0.238 e. The SMILES string of the molecule is CC(C)(C)NCc1ccc(Oc2cccc(Br)c2)nn1. The molecule has 2 aromatic rings. The normalized spacial score (nSPS) is 11.4. The Kier molecular flexibility index (Phi) is 4.73. The topological polar surface area (TPSA) is 47.0 Å². The monoisotopic (exact) mass is 335 g/mol. The first-order valence-corrected chi connectivity index (χ1v) is 7.23. The van der Waals surface area contributed by atoms with E-state index in [0.717, 1.165) is 15.9 Å². The van der Waals surface area contributed by atoms with Crippen molar-refractivity contribution in [3.63, 3.8) is 0 Å². The first-order chi connectivity index (χ1) is 9.42. The number of hydrogen-bond acceptors (Lipinski definition) is 4. The summed E-state index contributed by atoms with van der Waals surface area (Å²) in [4.78, 5) is 0. The summed E-state index contributed by atoms with van der Waals surface area (Å²) in [5.74, 6) is 1.22. The van der Waals surface area contributed by atoms with Crippen LogP contribution in [0.25, 0.3) is 0 Å². The Balaban J connectivity index is 1.98. The van der Waals surface area contributed by atoms with Crippen molar-refractivity contribution in [1.82, 2.24) is 15.5 Å². The van der Waals surface area contributed by atoms with Gasteiger partial charge in [0.25, 0.3) is 0 Å². The second kappa shape index (κ2) is 6.33. The number of hydrogen-bond donors (Lipinski definition) is 1. The molecular formula is C15H18BrN3O. The molecular weight excluding hydrogens is 318 g/mol. The maximum Gasteiger partial charge on any atom is 0.238 e. The highest BCUT2D eigenvalue weighted by molar-refractivity contribution is 9.10. The molecule has 0 aliphatic rings. The first-order valence-electron chi connectivity index (χ1n) is 6.43. The molecule has 0 aliphatic carbocycles. The van der Waals surface area contributed by atoms with Crippen LogP contribution < -0.4 is 10.1 Å². The van der Waals surface area contributed by atoms with E-state index in [4.69, 9.17) is 4.74 Å². The van der Waals surface area contributed by atoms with E-state index in [1.807, 2.05) is 36.4 Å². The van der Waals surface area contributed by atoms with Gasteiger partial charge in [-0.2, -0.15) is 5.10 Å². The van der Waals surface area contributed by atoms with Crippen LogP contribution in [0.5, 0.6) is 11.6 Å². The minimum Gasteiger partial charge on any atom is -0.437 e. The fraction of sp³-hybridized carbons (Fsp3) is 0.333. The summed E-state index contributed by atoms with van der Waals surface area (Å²) in [7, 11) is 0. The van der Waals surface area contributed by atoms with Gasteiger partial charge in [-0.15, -0.1) is 5.10 Å². The lowest BCUT2D eigenvalue weighted by molar-refractivity contribution is 0.416. The molecule has 0 spiro atoms. The van der Waals surface area contributed by atoms with Crippen molar-refractivity contribution in [2.45, 2.75) is 32.9 Å². The summed E-state index contributed by atoms with van der Waals surface area (Å²) >= 11 is 3.40. The van der Waals surface area contributed by atoms with Gasteiger partial charge in [0.1, 0.15) is 5.75 Å². The lowest BCUT2D eigenvalue weighted by atomic mass is 10.1. The van der Waals surface area contributed by atoms with E-state index in [2.05, 4.69) is 52.2 Å². The molecule has 0 atom stereocenters. The number of nitrogens with zero attached hydrogens (tertiary/aromatic N) is 2. The Bertz CT molecular complexity index is 564. The van der Waals surface area contributed by atoms with Crippen LogP contribution in [0.3, 0.4) is 0 Å². The third-order valence-electron chi connectivity index (χ3n) is 2.51. The van der Waals surface area contributed by atoms with Gasteiger partial charge in [0.2, 0.25) is 5.88 Å². The van der Waals surface area contributed by atoms with E-state index in [0.29, 0.717) is 12.4 Å². The molecule has 0 amide bonds. The van der Waals surface area contributed by atoms with Gasteiger partial charge in [-0.05, 0) is 45.0 Å². The van der Waals surface area contributed by atoms with Crippen molar-refractivity contribution in [1.29, 1.82) is 0 Å². The number of nitrogens with one attached hydrogen (secondary N) is 1. The van der Waals surface area contributed by atoms with Crippen molar-refractivity contribution in [2.75, 3.05) is 0 Å². The highest BCUT2D eigenvalue weighted by Gasteiger charge is 2.09. The molecule has 0 aliphatic heterocycles. The second-order valence-electron chi connectivity index (χ2n) is 5.53. The third kappa shape index (κ3) is 4.90. The summed E-state index contributed by atoms with van der Waals surface area (Å²) < 4.78 is 6.60. The fourth-order valence-electron chi connectivity index (χ4n) is 1.50. The molecule has 1 aromatic carbocycles. The summed E-state index contributed by atoms with van der Waals surface area (Å²) in [5.41, 5.74) is 0.953. The van der Waals surface area contributed by atoms with Gasteiger partial charge in [-0.25, -0.2) is 0 Å². The van der Waals surface area contributed by atoms with Crippen LogP contribution in [0.1, 0.15) is 26.5 Å². The Hall–Kier alpha value is -1.46. The van der Waals surface area contributed by atoms with E-state index in [1.165, 1.54) is 0 Å². The number of rotatable bonds is 4. The van der Waals surface area contributed by atoms with Gasteiger partial charge in [0.15, 0.2) is 0 Å². The van der Waals surface area contributed by atoms with Crippen LogP contribution in [-0.2, 0) is 6.54 Å². The maximum absolute atomic E-state index is 5.64. The molecule has 20 heavy (non-hydrogen) atoms. The van der Waals surface area contributed by atoms with Crippen LogP contribution in [0.4, 0.5) is 0 Å². The molecule has 0 bridgehead atoms. The molecule has 1 N–H and O–H groups in total. The van der Waals surface area contributed by atoms with Crippen LogP contribution in [0, 0.1) is 0 Å². The standard InChI is InChI=1S/C15H18BrN3O/c1-15(2,3)17-10-12-7-8-14(19-18-12)20-13-6-4-5-11(16)9-13/h4-9,17H,10H2,1-3H3. The summed E-state index contributed by atoms with van der Waals surface area (Å²) in [6, 6.07) is 11.4. The van der Waals surface area contributed by atoms with E-state index in [1.54, 1.807) is 0 Å². The molecule has 1 heterocycles. The Labute approximate surface area is 127 Å². The highest BCUT2D eigenvalue weighted by Crippen LogP contribution is 2.22. The minimum atomic E-state index is 0.0627. The fourth-order valence-corrected chi connectivity index (χ4v) is 1.88. The minimum absolute atomic E-state index is 0.0627. The molecule has 106 valence electrons. The zero-order valence-corrected chi connectivity index (χ0v) is 13.4. The molecule has 1 aromatic heterocycles. The number of benzene rings is 1. The third-order valence-corrected chi connectivity index (χ3v) is 3.01. The Morgan fingerprint density at radius 2 is 1.95 bits per heavy atom. The largest absolute Gasteiger partial charge is 0.437 e. The predicted molar refractivity (Wildman–Crippen MR) is 82.8 cm³/mol. The van der Waals surface area contributed by atoms with Gasteiger partial charge in [0, 0.05) is 22.6 Å². The zero-order chi connectivity index (χ0) is 14.6. The zero-order valence-electron chi connectivity index (χ0n) is 11.9. The lowest BCUT2D eigenvalue weighted by Crippen LogP contribution is -2.35. The van der Waals surface area contributed by atoms with Crippen molar-refractivity contribution >= 4 is 15.9 Å². The van der Waals surface area contributed by atoms with E-state index in [9.17, 15) is 0 Å². The van der Waals surface area contributed by atoms with Crippen molar-refractivity contribution in [3.8, 4) is 11.6 Å². The predicted octanol–water partition coefficient (Wildman–Crippen LogP) is 3.92. The second-order valence-corrected chi connectivity index (χ2v) is 6.44. The number of aromatic nitrogens is 2. The van der Waals surface area contributed by atoms with Gasteiger partial charge in [-0.1, -0.05) is 22.0 Å². The molecule has 0 saturated heterocycles. The quantitative estimate of drug-likeness (QED) is 0.919. The number of halogens is 1. The van der Waals surface area contributed by atoms with E-state index >= 15 is 0 Å². The molecule has 0 fully saturated rings. The van der Waals surface area contributed by atoms with Crippen LogP contribution >= 0.6 is 15.9 Å². The Morgan fingerprint density at radius 1 is 1.15 bits per heavy atom. The van der Waals surface area contributed by atoms with Crippen LogP contribution in [0.15, 0.2) is 40.9 Å². The first kappa shape index (κ1) is 14.9. The molecule has 4 nitrogen and oxygen atoms in total. The lowest BCUT2D eigenvalue weighted by Gasteiger charge is -2.19. The van der Waals surface area contributed by atoms with Crippen molar-refractivity contribution in [3.05, 3.63) is 46.6 Å². The van der Waals surface area contributed by atoms with Gasteiger partial charge in [0.05, 0.1) is 5.69 Å². The highest BCUT2D eigenvalue weighted by atomic mass is 79.9. The maximum atomic E-state index is 5.64. The summed E-state index contributed by atoms with van der Waals surface area (Å²) in [6.45, 7) is 7.04. The Morgan fingerprint density at radius 3 is 2.55 bits per heavy atom. The summed E-state index contributed by atoms with van der Waals surface area (Å²) in [5, 5.41) is 11.6. The molecule has 5 heteroatoms. The average molecular weight is 336 g/mol. The average Bonchev–Trinajstić information content (AvgIpc) is 2.37. The van der Waals surface area contributed by atoms with Gasteiger partial charge < -0.3 is 10.1 Å². The van der Waals surface area contributed by atoms with Crippen LogP contribution in [-0.4, -0.2) is 15.7 Å². The van der Waals surface area contributed by atoms with E-state index in [-0.39, 0.29) is 5.54 Å². The van der Waals surface area contributed by atoms with Crippen LogP contribution in [0.2, 0.25) is 0 Å². The molecule has 0 unspecified atom stereocenters.